The number of carboxylic acid groups (broad SMARTS) is 1. The maximum Gasteiger partial charge on any atom is 0.307 e. The molecule has 0 radical (unpaired) electrons. The Morgan fingerprint density at radius 3 is 2.55 bits per heavy atom. The van der Waals surface area contributed by atoms with Crippen LogP contribution in [-0.4, -0.2) is 18.2 Å². The zero-order valence-corrected chi connectivity index (χ0v) is 11.2. The van der Waals surface area contributed by atoms with Crippen molar-refractivity contribution in [1.29, 1.82) is 0 Å². The van der Waals surface area contributed by atoms with Gasteiger partial charge in [-0.3, -0.25) is 4.79 Å². The van der Waals surface area contributed by atoms with Crippen LogP contribution in [0.4, 0.5) is 0 Å². The third-order valence-electron chi connectivity index (χ3n) is 2.92. The Balaban J connectivity index is 2.15. The Morgan fingerprint density at radius 1 is 1.15 bits per heavy atom. The van der Waals surface area contributed by atoms with Gasteiger partial charge in [0.15, 0.2) is 0 Å². The van der Waals surface area contributed by atoms with Gasteiger partial charge in [-0.1, -0.05) is 48.6 Å². The maximum absolute atomic E-state index is 10.4. The lowest BCUT2D eigenvalue weighted by molar-refractivity contribution is -0.135. The number of methoxy groups -OCH3 is 1. The SMILES string of the molecule is COc1cccc(-c2ccc(/C=C/CC(=O)O)cc2)c1. The van der Waals surface area contributed by atoms with E-state index >= 15 is 0 Å². The first-order valence-electron chi connectivity index (χ1n) is 6.32. The van der Waals surface area contributed by atoms with Gasteiger partial charge in [0.1, 0.15) is 5.75 Å². The van der Waals surface area contributed by atoms with E-state index in [9.17, 15) is 4.79 Å². The Bertz CT molecular complexity index is 612. The van der Waals surface area contributed by atoms with E-state index in [0.29, 0.717) is 0 Å². The number of benzene rings is 2. The molecule has 0 unspecified atom stereocenters. The molecule has 0 fully saturated rings. The topological polar surface area (TPSA) is 46.5 Å². The van der Waals surface area contributed by atoms with Gasteiger partial charge in [-0.25, -0.2) is 0 Å². The molecule has 20 heavy (non-hydrogen) atoms. The highest BCUT2D eigenvalue weighted by atomic mass is 16.5. The monoisotopic (exact) mass is 268 g/mol. The van der Waals surface area contributed by atoms with Crippen molar-refractivity contribution >= 4 is 12.0 Å². The molecule has 0 spiro atoms. The maximum atomic E-state index is 10.4. The number of carboxylic acids is 1. The largest absolute Gasteiger partial charge is 0.497 e. The highest BCUT2D eigenvalue weighted by Crippen LogP contribution is 2.24. The number of carbonyl (C=O) groups is 1. The van der Waals surface area contributed by atoms with Crippen LogP contribution in [0.2, 0.25) is 0 Å². The van der Waals surface area contributed by atoms with Crippen LogP contribution in [-0.2, 0) is 4.79 Å². The van der Waals surface area contributed by atoms with Crippen LogP contribution in [0.1, 0.15) is 12.0 Å². The summed E-state index contributed by atoms with van der Waals surface area (Å²) in [5, 5.41) is 8.57. The molecule has 2 rings (SSSR count). The molecule has 3 heteroatoms. The van der Waals surface area contributed by atoms with Crippen LogP contribution in [0, 0.1) is 0 Å². The summed E-state index contributed by atoms with van der Waals surface area (Å²) in [4.78, 5) is 10.4. The minimum atomic E-state index is -0.825. The zero-order chi connectivity index (χ0) is 14.4. The van der Waals surface area contributed by atoms with E-state index in [1.165, 1.54) is 0 Å². The zero-order valence-electron chi connectivity index (χ0n) is 11.2. The van der Waals surface area contributed by atoms with E-state index < -0.39 is 5.97 Å². The van der Waals surface area contributed by atoms with E-state index in [0.717, 1.165) is 22.4 Å². The minimum Gasteiger partial charge on any atom is -0.497 e. The van der Waals surface area contributed by atoms with Crippen molar-refractivity contribution in [3.8, 4) is 16.9 Å². The average molecular weight is 268 g/mol. The number of aliphatic carboxylic acids is 1. The van der Waals surface area contributed by atoms with Crippen molar-refractivity contribution in [1.82, 2.24) is 0 Å². The third-order valence-corrected chi connectivity index (χ3v) is 2.92. The van der Waals surface area contributed by atoms with Crippen molar-refractivity contribution in [2.75, 3.05) is 7.11 Å². The van der Waals surface area contributed by atoms with Crippen LogP contribution >= 0.6 is 0 Å². The van der Waals surface area contributed by atoms with E-state index in [2.05, 4.69) is 0 Å². The molecule has 3 nitrogen and oxygen atoms in total. The number of ether oxygens (including phenoxy) is 1. The fourth-order valence-electron chi connectivity index (χ4n) is 1.89. The second-order valence-electron chi connectivity index (χ2n) is 4.35. The molecule has 0 atom stereocenters. The van der Waals surface area contributed by atoms with E-state index in [1.807, 2.05) is 54.6 Å². The fourth-order valence-corrected chi connectivity index (χ4v) is 1.89. The highest BCUT2D eigenvalue weighted by Gasteiger charge is 1.99. The van der Waals surface area contributed by atoms with Gasteiger partial charge in [0.25, 0.3) is 0 Å². The molecule has 0 saturated heterocycles. The van der Waals surface area contributed by atoms with E-state index in [1.54, 1.807) is 13.2 Å². The van der Waals surface area contributed by atoms with Crippen LogP contribution in [0.5, 0.6) is 5.75 Å². The second kappa shape index (κ2) is 6.57. The Kier molecular flexibility index (Phi) is 4.56. The Morgan fingerprint density at radius 2 is 1.90 bits per heavy atom. The molecule has 2 aromatic rings. The molecule has 0 aliphatic heterocycles. The van der Waals surface area contributed by atoms with Crippen molar-refractivity contribution in [3.63, 3.8) is 0 Å². The molecule has 0 aliphatic rings. The first-order chi connectivity index (χ1) is 9.69. The van der Waals surface area contributed by atoms with Crippen LogP contribution in [0.25, 0.3) is 17.2 Å². The molecule has 0 aliphatic carbocycles. The molecular formula is C17H16O3. The standard InChI is InChI=1S/C17H16O3/c1-20-16-6-3-5-15(12-16)14-10-8-13(9-11-14)4-2-7-17(18)19/h2-6,8-12H,7H2,1H3,(H,18,19)/b4-2+. The van der Waals surface area contributed by atoms with Gasteiger partial charge in [0, 0.05) is 0 Å². The smallest absolute Gasteiger partial charge is 0.307 e. The molecule has 102 valence electrons. The van der Waals surface area contributed by atoms with Gasteiger partial charge >= 0.3 is 5.97 Å². The Hall–Kier alpha value is -2.55. The molecule has 0 saturated carbocycles. The van der Waals surface area contributed by atoms with Crippen molar-refractivity contribution in [2.24, 2.45) is 0 Å². The van der Waals surface area contributed by atoms with Gasteiger partial charge in [-0.05, 0) is 28.8 Å². The van der Waals surface area contributed by atoms with Crippen LogP contribution in [0.3, 0.4) is 0 Å². The number of hydrogen-bond acceptors (Lipinski definition) is 2. The summed E-state index contributed by atoms with van der Waals surface area (Å²) in [6.07, 6.45) is 3.49. The molecule has 2 aromatic carbocycles. The summed E-state index contributed by atoms with van der Waals surface area (Å²) < 4.78 is 5.21. The first-order valence-corrected chi connectivity index (χ1v) is 6.32. The molecular weight excluding hydrogens is 252 g/mol. The Labute approximate surface area is 118 Å². The first kappa shape index (κ1) is 13.9. The van der Waals surface area contributed by atoms with Crippen molar-refractivity contribution in [3.05, 3.63) is 60.2 Å². The van der Waals surface area contributed by atoms with Gasteiger partial charge in [-0.15, -0.1) is 0 Å². The van der Waals surface area contributed by atoms with Crippen LogP contribution in [0.15, 0.2) is 54.6 Å². The second-order valence-corrected chi connectivity index (χ2v) is 4.35. The minimum absolute atomic E-state index is 0.0393. The molecule has 0 heterocycles. The van der Waals surface area contributed by atoms with Gasteiger partial charge in [0.2, 0.25) is 0 Å². The van der Waals surface area contributed by atoms with E-state index in [-0.39, 0.29) is 6.42 Å². The average Bonchev–Trinajstić information content (AvgIpc) is 2.48. The fraction of sp³-hybridized carbons (Fsp3) is 0.118. The summed E-state index contributed by atoms with van der Waals surface area (Å²) in [6.45, 7) is 0. The lowest BCUT2D eigenvalue weighted by atomic mass is 10.0. The molecule has 0 amide bonds. The molecule has 0 bridgehead atoms. The van der Waals surface area contributed by atoms with Gasteiger partial charge in [0.05, 0.1) is 13.5 Å². The van der Waals surface area contributed by atoms with E-state index in [4.69, 9.17) is 9.84 Å². The molecule has 0 aromatic heterocycles. The summed E-state index contributed by atoms with van der Waals surface area (Å²) in [6, 6.07) is 15.8. The third kappa shape index (κ3) is 3.72. The quantitative estimate of drug-likeness (QED) is 0.895. The lowest BCUT2D eigenvalue weighted by Gasteiger charge is -2.05. The summed E-state index contributed by atoms with van der Waals surface area (Å²) in [5.41, 5.74) is 3.17. The number of hydrogen-bond donors (Lipinski definition) is 1. The normalized spacial score (nSPS) is 10.7. The summed E-state index contributed by atoms with van der Waals surface area (Å²) in [5.74, 6) is 0.00202. The predicted octanol–water partition coefficient (Wildman–Crippen LogP) is 3.85. The van der Waals surface area contributed by atoms with Crippen molar-refractivity contribution < 1.29 is 14.6 Å². The molecule has 1 N–H and O–H groups in total. The van der Waals surface area contributed by atoms with Crippen LogP contribution < -0.4 is 4.74 Å². The predicted molar refractivity (Wildman–Crippen MR) is 79.7 cm³/mol. The lowest BCUT2D eigenvalue weighted by Crippen LogP contribution is -1.89. The van der Waals surface area contributed by atoms with Gasteiger partial charge < -0.3 is 9.84 Å². The highest BCUT2D eigenvalue weighted by molar-refractivity contribution is 5.71. The number of rotatable bonds is 5. The van der Waals surface area contributed by atoms with Gasteiger partial charge in [-0.2, -0.15) is 0 Å². The summed E-state index contributed by atoms with van der Waals surface area (Å²) >= 11 is 0. The summed E-state index contributed by atoms with van der Waals surface area (Å²) in [7, 11) is 1.65. The van der Waals surface area contributed by atoms with Crippen molar-refractivity contribution in [2.45, 2.75) is 6.42 Å².